The van der Waals surface area contributed by atoms with Gasteiger partial charge in [0.2, 0.25) is 0 Å². The lowest BCUT2D eigenvalue weighted by Gasteiger charge is -2.24. The smallest absolute Gasteiger partial charge is 0.273 e. The highest BCUT2D eigenvalue weighted by Crippen LogP contribution is 2.28. The van der Waals surface area contributed by atoms with E-state index in [0.717, 1.165) is 17.7 Å². The zero-order valence-corrected chi connectivity index (χ0v) is 15.7. The Balaban J connectivity index is 1.38. The second-order valence-electron chi connectivity index (χ2n) is 6.63. The minimum absolute atomic E-state index is 0.130. The van der Waals surface area contributed by atoms with Gasteiger partial charge in [0.1, 0.15) is 11.9 Å². The van der Waals surface area contributed by atoms with Crippen LogP contribution in [0.3, 0.4) is 0 Å². The normalized spacial score (nSPS) is 15.7. The number of rotatable bonds is 6. The van der Waals surface area contributed by atoms with Crippen molar-refractivity contribution in [2.24, 2.45) is 0 Å². The average molecular weight is 378 g/mol. The molecule has 0 aliphatic carbocycles. The van der Waals surface area contributed by atoms with Crippen LogP contribution >= 0.6 is 0 Å². The van der Waals surface area contributed by atoms with Gasteiger partial charge >= 0.3 is 0 Å². The number of ether oxygens (including phenoxy) is 2. The first kappa shape index (κ1) is 18.2. The third-order valence-electron chi connectivity index (χ3n) is 4.84. The summed E-state index contributed by atoms with van der Waals surface area (Å²) in [7, 11) is 1.64. The molecule has 0 saturated carbocycles. The van der Waals surface area contributed by atoms with Gasteiger partial charge in [0.05, 0.1) is 26.0 Å². The SMILES string of the molecule is COc1ccc(C2Cn3nnc(C(=O)NCCc4ccccc4)c3CO2)cc1. The van der Waals surface area contributed by atoms with Crippen molar-refractivity contribution in [3.8, 4) is 5.75 Å². The lowest BCUT2D eigenvalue weighted by Crippen LogP contribution is -2.29. The topological polar surface area (TPSA) is 78.3 Å². The summed E-state index contributed by atoms with van der Waals surface area (Å²) < 4.78 is 12.9. The number of methoxy groups -OCH3 is 1. The monoisotopic (exact) mass is 378 g/mol. The summed E-state index contributed by atoms with van der Waals surface area (Å²) in [6.45, 7) is 1.36. The van der Waals surface area contributed by atoms with Crippen molar-refractivity contribution in [3.05, 3.63) is 77.1 Å². The van der Waals surface area contributed by atoms with Crippen LogP contribution in [0.5, 0.6) is 5.75 Å². The number of aromatic nitrogens is 3. The molecule has 2 heterocycles. The average Bonchev–Trinajstić information content (AvgIpc) is 3.18. The molecule has 1 N–H and O–H groups in total. The Labute approximate surface area is 163 Å². The van der Waals surface area contributed by atoms with Crippen LogP contribution in [0.1, 0.15) is 33.4 Å². The minimum Gasteiger partial charge on any atom is -0.497 e. The fraction of sp³-hybridized carbons (Fsp3) is 0.286. The maximum Gasteiger partial charge on any atom is 0.273 e. The Kier molecular flexibility index (Phi) is 5.34. The van der Waals surface area contributed by atoms with E-state index >= 15 is 0 Å². The first-order valence-electron chi connectivity index (χ1n) is 9.24. The van der Waals surface area contributed by atoms with E-state index in [2.05, 4.69) is 15.6 Å². The number of nitrogens with zero attached hydrogens (tertiary/aromatic N) is 3. The molecule has 2 aromatic carbocycles. The fourth-order valence-corrected chi connectivity index (χ4v) is 3.26. The van der Waals surface area contributed by atoms with Gasteiger partial charge in [-0.15, -0.1) is 5.10 Å². The highest BCUT2D eigenvalue weighted by Gasteiger charge is 2.27. The van der Waals surface area contributed by atoms with Gasteiger partial charge in [-0.05, 0) is 29.7 Å². The highest BCUT2D eigenvalue weighted by atomic mass is 16.5. The van der Waals surface area contributed by atoms with E-state index in [-0.39, 0.29) is 12.0 Å². The summed E-state index contributed by atoms with van der Waals surface area (Å²) >= 11 is 0. The first-order valence-corrected chi connectivity index (χ1v) is 9.24. The molecular weight excluding hydrogens is 356 g/mol. The van der Waals surface area contributed by atoms with Crippen molar-refractivity contribution in [2.75, 3.05) is 13.7 Å². The van der Waals surface area contributed by atoms with Crippen LogP contribution in [0.2, 0.25) is 0 Å². The molecule has 1 aliphatic heterocycles. The summed E-state index contributed by atoms with van der Waals surface area (Å²) in [5.74, 6) is 0.583. The van der Waals surface area contributed by atoms with Crippen LogP contribution in [0.4, 0.5) is 0 Å². The molecule has 0 saturated heterocycles. The Hall–Kier alpha value is -3.19. The van der Waals surface area contributed by atoms with Crippen molar-refractivity contribution in [3.63, 3.8) is 0 Å². The minimum atomic E-state index is -0.219. The Bertz CT molecular complexity index is 938. The van der Waals surface area contributed by atoms with Gasteiger partial charge in [0, 0.05) is 6.54 Å². The van der Waals surface area contributed by atoms with Crippen molar-refractivity contribution in [1.29, 1.82) is 0 Å². The molecule has 4 rings (SSSR count). The molecule has 0 spiro atoms. The summed E-state index contributed by atoms with van der Waals surface area (Å²) in [5.41, 5.74) is 3.26. The van der Waals surface area contributed by atoms with E-state index in [1.54, 1.807) is 11.8 Å². The van der Waals surface area contributed by atoms with Gasteiger partial charge in [-0.2, -0.15) is 0 Å². The molecule has 0 fully saturated rings. The molecule has 28 heavy (non-hydrogen) atoms. The molecule has 144 valence electrons. The van der Waals surface area contributed by atoms with Crippen LogP contribution in [0.25, 0.3) is 0 Å². The predicted molar refractivity (Wildman–Crippen MR) is 103 cm³/mol. The van der Waals surface area contributed by atoms with Crippen LogP contribution in [0, 0.1) is 0 Å². The third-order valence-corrected chi connectivity index (χ3v) is 4.84. The van der Waals surface area contributed by atoms with Crippen molar-refractivity contribution < 1.29 is 14.3 Å². The Morgan fingerprint density at radius 1 is 1.21 bits per heavy atom. The van der Waals surface area contributed by atoms with E-state index < -0.39 is 0 Å². The summed E-state index contributed by atoms with van der Waals surface area (Å²) in [6, 6.07) is 17.8. The summed E-state index contributed by atoms with van der Waals surface area (Å²) in [5, 5.41) is 11.1. The van der Waals surface area contributed by atoms with Gasteiger partial charge < -0.3 is 14.8 Å². The van der Waals surface area contributed by atoms with E-state index in [0.29, 0.717) is 31.1 Å². The maximum absolute atomic E-state index is 12.5. The van der Waals surface area contributed by atoms with Gasteiger partial charge in [-0.1, -0.05) is 47.7 Å². The van der Waals surface area contributed by atoms with Gasteiger partial charge in [-0.25, -0.2) is 4.68 Å². The van der Waals surface area contributed by atoms with Crippen molar-refractivity contribution in [2.45, 2.75) is 25.7 Å². The van der Waals surface area contributed by atoms with Gasteiger partial charge in [-0.3, -0.25) is 4.79 Å². The second-order valence-corrected chi connectivity index (χ2v) is 6.63. The lowest BCUT2D eigenvalue weighted by atomic mass is 10.1. The van der Waals surface area contributed by atoms with Crippen molar-refractivity contribution >= 4 is 5.91 Å². The number of fused-ring (bicyclic) bond motifs is 1. The van der Waals surface area contributed by atoms with Crippen LogP contribution in [0.15, 0.2) is 54.6 Å². The van der Waals surface area contributed by atoms with E-state index in [4.69, 9.17) is 9.47 Å². The zero-order chi connectivity index (χ0) is 19.3. The number of nitrogens with one attached hydrogen (secondary N) is 1. The van der Waals surface area contributed by atoms with Gasteiger partial charge in [0.25, 0.3) is 5.91 Å². The largest absolute Gasteiger partial charge is 0.497 e. The molecule has 3 aromatic rings. The molecule has 1 atom stereocenters. The maximum atomic E-state index is 12.5. The predicted octanol–water partition coefficient (Wildman–Crippen LogP) is 2.53. The van der Waals surface area contributed by atoms with Crippen LogP contribution in [-0.4, -0.2) is 34.6 Å². The second kappa shape index (κ2) is 8.22. The Morgan fingerprint density at radius 2 is 2.00 bits per heavy atom. The number of amides is 1. The quantitative estimate of drug-likeness (QED) is 0.713. The molecule has 0 radical (unpaired) electrons. The number of hydrogen-bond acceptors (Lipinski definition) is 5. The number of carbonyl (C=O) groups is 1. The van der Waals surface area contributed by atoms with E-state index in [1.807, 2.05) is 54.6 Å². The van der Waals surface area contributed by atoms with Gasteiger partial charge in [0.15, 0.2) is 5.69 Å². The lowest BCUT2D eigenvalue weighted by molar-refractivity contribution is -0.00179. The Morgan fingerprint density at radius 3 is 2.75 bits per heavy atom. The first-order chi connectivity index (χ1) is 13.7. The molecule has 1 amide bonds. The molecule has 0 bridgehead atoms. The molecule has 7 nitrogen and oxygen atoms in total. The molecular formula is C21H22N4O3. The summed E-state index contributed by atoms with van der Waals surface area (Å²) in [6.07, 6.45) is 0.639. The highest BCUT2D eigenvalue weighted by molar-refractivity contribution is 5.93. The van der Waals surface area contributed by atoms with E-state index in [9.17, 15) is 4.79 Å². The standard InChI is InChI=1S/C21H22N4O3/c1-27-17-9-7-16(8-10-17)19-13-25-18(14-28-19)20(23-24-25)21(26)22-12-11-15-5-3-2-4-6-15/h2-10,19H,11-14H2,1H3,(H,22,26). The van der Waals surface area contributed by atoms with E-state index in [1.165, 1.54) is 5.56 Å². The number of benzene rings is 2. The van der Waals surface area contributed by atoms with Crippen LogP contribution in [-0.2, 0) is 24.3 Å². The molecule has 1 aliphatic rings. The third kappa shape index (κ3) is 3.89. The molecule has 7 heteroatoms. The fourth-order valence-electron chi connectivity index (χ4n) is 3.26. The zero-order valence-electron chi connectivity index (χ0n) is 15.7. The molecule has 1 unspecified atom stereocenters. The number of hydrogen-bond donors (Lipinski definition) is 1. The van der Waals surface area contributed by atoms with Crippen LogP contribution < -0.4 is 10.1 Å². The molecule has 1 aromatic heterocycles. The summed E-state index contributed by atoms with van der Waals surface area (Å²) in [4.78, 5) is 12.5. The van der Waals surface area contributed by atoms with Crippen molar-refractivity contribution in [1.82, 2.24) is 20.3 Å². The number of carbonyl (C=O) groups excluding carboxylic acids is 1.